The van der Waals surface area contributed by atoms with Crippen molar-refractivity contribution in [2.45, 2.75) is 103 Å². The van der Waals surface area contributed by atoms with Gasteiger partial charge in [0.2, 0.25) is 5.78 Å². The maximum absolute atomic E-state index is 18.0. The Labute approximate surface area is 241 Å². The largest absolute Gasteiger partial charge is 0.457 e. The highest BCUT2D eigenvalue weighted by Gasteiger charge is 2.77. The van der Waals surface area contributed by atoms with Crippen LogP contribution in [0.1, 0.15) is 84.4 Å². The lowest BCUT2D eigenvalue weighted by molar-refractivity contribution is -0.234. The molecule has 4 aliphatic rings. The van der Waals surface area contributed by atoms with Crippen molar-refractivity contribution in [2.75, 3.05) is 6.61 Å². The van der Waals surface area contributed by atoms with E-state index in [2.05, 4.69) is 11.0 Å². The molecule has 0 aromatic carbocycles. The van der Waals surface area contributed by atoms with Crippen LogP contribution in [0.2, 0.25) is 0 Å². The molecule has 8 nitrogen and oxygen atoms in total. The molecule has 4 aliphatic carbocycles. The summed E-state index contributed by atoms with van der Waals surface area (Å²) >= 11 is 0. The molecule has 3 fully saturated rings. The number of allylic oxidation sites excluding steroid dienone is 1. The average molecular weight is 569 g/mol. The van der Waals surface area contributed by atoms with E-state index in [1.54, 1.807) is 18.5 Å². The number of hydrogen-bond acceptors (Lipinski definition) is 7. The van der Waals surface area contributed by atoms with Crippen molar-refractivity contribution in [3.05, 3.63) is 23.0 Å². The van der Waals surface area contributed by atoms with E-state index in [1.165, 1.54) is 0 Å². The van der Waals surface area contributed by atoms with Gasteiger partial charge in [-0.2, -0.15) is 5.10 Å². The minimum absolute atomic E-state index is 0.0538. The normalized spacial score (nSPS) is 38.8. The first-order valence-electron chi connectivity index (χ1n) is 14.8. The molecular formula is C32H41FN2O6. The predicted molar refractivity (Wildman–Crippen MR) is 149 cm³/mol. The van der Waals surface area contributed by atoms with Gasteiger partial charge in [0.25, 0.3) is 0 Å². The zero-order valence-electron chi connectivity index (χ0n) is 24.7. The van der Waals surface area contributed by atoms with Crippen LogP contribution < -0.4 is 0 Å². The molecular weight excluding hydrogens is 527 g/mol. The van der Waals surface area contributed by atoms with Crippen LogP contribution in [0, 0.1) is 40.9 Å². The molecule has 0 aliphatic heterocycles. The second-order valence-electron chi connectivity index (χ2n) is 12.9. The third kappa shape index (κ3) is 3.96. The Bertz CT molecular complexity index is 1350. The molecule has 3 saturated carbocycles. The van der Waals surface area contributed by atoms with Gasteiger partial charge in [0, 0.05) is 41.7 Å². The van der Waals surface area contributed by atoms with E-state index in [1.807, 2.05) is 33.0 Å². The summed E-state index contributed by atoms with van der Waals surface area (Å²) in [7, 11) is 0. The van der Waals surface area contributed by atoms with Gasteiger partial charge in [0.15, 0.2) is 12.2 Å². The fourth-order valence-corrected chi connectivity index (χ4v) is 9.08. The first-order chi connectivity index (χ1) is 19.3. The maximum Gasteiger partial charge on any atom is 0.306 e. The van der Waals surface area contributed by atoms with Crippen molar-refractivity contribution < 1.29 is 33.4 Å². The standard InChI is InChI=1S/C32H41FN2O6/c1-7-12-35-17-20-15-29(5)21(14-24(20)34-35)10-11-22-23-13-19(4)32(41-28(39)9-3,26(37)18-40-27(38)8-2)30(23,6)16-25(36)31(22,29)33/h1,14,17,19,22-23,25,36H,8-13,15-16,18H2,2-6H3/t19-,22-,23-,25-,29-,30-,31-,32-/m0/s1. The average Bonchev–Trinajstić information content (AvgIpc) is 3.41. The number of ether oxygens (including phenoxy) is 2. The number of ketones is 1. The first kappa shape index (κ1) is 29.5. The Morgan fingerprint density at radius 3 is 2.59 bits per heavy atom. The lowest BCUT2D eigenvalue weighted by Gasteiger charge is -2.63. The molecule has 1 N–H and O–H groups in total. The van der Waals surface area contributed by atoms with Gasteiger partial charge in [-0.25, -0.2) is 4.39 Å². The van der Waals surface area contributed by atoms with Gasteiger partial charge in [-0.1, -0.05) is 46.1 Å². The van der Waals surface area contributed by atoms with E-state index >= 15 is 4.39 Å². The van der Waals surface area contributed by atoms with E-state index in [0.717, 1.165) is 16.8 Å². The number of halogens is 1. The third-order valence-corrected chi connectivity index (χ3v) is 11.0. The summed E-state index contributed by atoms with van der Waals surface area (Å²) in [5.41, 5.74) is -3.05. The third-order valence-electron chi connectivity index (χ3n) is 11.0. The minimum atomic E-state index is -1.98. The topological polar surface area (TPSA) is 108 Å². The van der Waals surface area contributed by atoms with Gasteiger partial charge in [0.05, 0.1) is 11.8 Å². The Hall–Kier alpha value is -2.99. The lowest BCUT2D eigenvalue weighted by Crippen LogP contribution is -2.70. The van der Waals surface area contributed by atoms with Crippen molar-refractivity contribution in [3.63, 3.8) is 0 Å². The number of Topliss-reactive ketones (excluding diaryl/α,β-unsaturated/α-hetero) is 1. The van der Waals surface area contributed by atoms with Gasteiger partial charge >= 0.3 is 11.9 Å². The quantitative estimate of drug-likeness (QED) is 0.388. The number of carbonyl (C=O) groups excluding carboxylic acids is 3. The number of aliphatic hydroxyl groups excluding tert-OH is 1. The predicted octanol–water partition coefficient (Wildman–Crippen LogP) is 4.22. The van der Waals surface area contributed by atoms with Gasteiger partial charge < -0.3 is 14.6 Å². The van der Waals surface area contributed by atoms with Crippen LogP contribution in [0.15, 0.2) is 11.8 Å². The van der Waals surface area contributed by atoms with Crippen LogP contribution in [0.4, 0.5) is 4.39 Å². The summed E-state index contributed by atoms with van der Waals surface area (Å²) < 4.78 is 31.0. The molecule has 5 rings (SSSR count). The van der Waals surface area contributed by atoms with Crippen LogP contribution in [0.3, 0.4) is 0 Å². The molecule has 0 spiro atoms. The number of fused-ring (bicyclic) bond motifs is 6. The van der Waals surface area contributed by atoms with Crippen molar-refractivity contribution in [2.24, 2.45) is 28.6 Å². The van der Waals surface area contributed by atoms with E-state index in [-0.39, 0.29) is 25.2 Å². The second kappa shape index (κ2) is 10.1. The van der Waals surface area contributed by atoms with Crippen LogP contribution in [0.5, 0.6) is 0 Å². The Morgan fingerprint density at radius 2 is 1.93 bits per heavy atom. The molecule has 222 valence electrons. The number of alkyl halides is 1. The van der Waals surface area contributed by atoms with E-state index in [0.29, 0.717) is 32.2 Å². The fourth-order valence-electron chi connectivity index (χ4n) is 9.08. The molecule has 0 bridgehead atoms. The fraction of sp³-hybridized carbons (Fsp3) is 0.688. The molecule has 0 amide bonds. The monoisotopic (exact) mass is 568 g/mol. The Morgan fingerprint density at radius 1 is 1.22 bits per heavy atom. The molecule has 1 heterocycles. The number of esters is 2. The van der Waals surface area contributed by atoms with Crippen LogP contribution in [-0.2, 0) is 36.8 Å². The summed E-state index contributed by atoms with van der Waals surface area (Å²) in [6, 6.07) is 0. The van der Waals surface area contributed by atoms with Crippen LogP contribution >= 0.6 is 0 Å². The number of rotatable bonds is 7. The summed E-state index contributed by atoms with van der Waals surface area (Å²) in [6.45, 7) is 8.66. The number of nitrogens with zero attached hydrogens (tertiary/aromatic N) is 2. The van der Waals surface area contributed by atoms with Crippen molar-refractivity contribution in [3.8, 4) is 12.3 Å². The molecule has 8 atom stereocenters. The minimum Gasteiger partial charge on any atom is -0.457 e. The zero-order valence-corrected chi connectivity index (χ0v) is 24.7. The van der Waals surface area contributed by atoms with Crippen molar-refractivity contribution in [1.29, 1.82) is 0 Å². The number of aliphatic hydroxyl groups is 1. The summed E-state index contributed by atoms with van der Waals surface area (Å²) in [5.74, 6) is -0.381. The molecule has 0 saturated heterocycles. The van der Waals surface area contributed by atoms with E-state index in [4.69, 9.17) is 15.9 Å². The highest BCUT2D eigenvalue weighted by Crippen LogP contribution is 2.72. The maximum atomic E-state index is 18.0. The lowest BCUT2D eigenvalue weighted by atomic mass is 9.43. The van der Waals surface area contributed by atoms with Gasteiger partial charge in [-0.05, 0) is 49.7 Å². The van der Waals surface area contributed by atoms with Gasteiger partial charge in [0.1, 0.15) is 12.2 Å². The molecule has 0 radical (unpaired) electrons. The Kier molecular flexibility index (Phi) is 7.25. The van der Waals surface area contributed by atoms with Crippen molar-refractivity contribution >= 4 is 23.8 Å². The smallest absolute Gasteiger partial charge is 0.306 e. The summed E-state index contributed by atoms with van der Waals surface area (Å²) in [5, 5.41) is 16.5. The number of aromatic nitrogens is 2. The summed E-state index contributed by atoms with van der Waals surface area (Å²) in [6.07, 6.45) is 9.93. The van der Waals surface area contributed by atoms with E-state index in [9.17, 15) is 19.5 Å². The molecule has 9 heteroatoms. The highest BCUT2D eigenvalue weighted by molar-refractivity contribution is 5.93. The highest BCUT2D eigenvalue weighted by atomic mass is 19.1. The Balaban J connectivity index is 1.56. The molecule has 1 aromatic heterocycles. The number of terminal acetylenes is 1. The number of carbonyl (C=O) groups is 3. The van der Waals surface area contributed by atoms with Gasteiger partial charge in [-0.15, -0.1) is 6.42 Å². The molecule has 0 unspecified atom stereocenters. The van der Waals surface area contributed by atoms with Crippen molar-refractivity contribution in [1.82, 2.24) is 9.78 Å². The number of hydrogen-bond donors (Lipinski definition) is 1. The first-order valence-corrected chi connectivity index (χ1v) is 14.8. The summed E-state index contributed by atoms with van der Waals surface area (Å²) in [4.78, 5) is 38.7. The van der Waals surface area contributed by atoms with Crippen LogP contribution in [0.25, 0.3) is 6.08 Å². The van der Waals surface area contributed by atoms with Gasteiger partial charge in [-0.3, -0.25) is 19.1 Å². The second-order valence-corrected chi connectivity index (χ2v) is 12.9. The SMILES string of the molecule is C#CCn1cc2c(n1)C=C1CC[C@H]3[C@@H]4C[C@H](C)[C@](OC(=O)CC)(C(=O)COC(=O)CC)[C@@]4(C)C[C@H](O)[C@]3(F)[C@@]1(C)C2. The van der Waals surface area contributed by atoms with Crippen LogP contribution in [-0.4, -0.2) is 56.6 Å². The van der Waals surface area contributed by atoms with E-state index < -0.39 is 64.4 Å². The molecule has 41 heavy (non-hydrogen) atoms. The zero-order chi connectivity index (χ0) is 30.0. The molecule has 1 aromatic rings.